The maximum absolute atomic E-state index is 12.7. The number of carboxylic acids is 1. The lowest BCUT2D eigenvalue weighted by atomic mass is 9.52. The predicted octanol–water partition coefficient (Wildman–Crippen LogP) is -0.458. The molecule has 1 saturated carbocycles. The van der Waals surface area contributed by atoms with Gasteiger partial charge in [0.2, 0.25) is 5.91 Å². The lowest BCUT2D eigenvalue weighted by Crippen LogP contribution is -2.56. The minimum atomic E-state index is -3.28. The van der Waals surface area contributed by atoms with Gasteiger partial charge in [0.05, 0.1) is 25.4 Å². The number of carbonyl (C=O) groups excluding carboxylic acids is 1. The van der Waals surface area contributed by atoms with E-state index in [9.17, 15) is 24.7 Å². The van der Waals surface area contributed by atoms with Crippen molar-refractivity contribution in [3.63, 3.8) is 0 Å². The molecule has 2 aliphatic heterocycles. The lowest BCUT2D eigenvalue weighted by molar-refractivity contribution is -0.365. The molecule has 4 aliphatic rings. The fourth-order valence-corrected chi connectivity index (χ4v) is 5.54. The van der Waals surface area contributed by atoms with Gasteiger partial charge in [-0.2, -0.15) is 0 Å². The third-order valence-corrected chi connectivity index (χ3v) is 7.64. The van der Waals surface area contributed by atoms with E-state index in [-0.39, 0.29) is 29.1 Å². The Morgan fingerprint density at radius 3 is 2.57 bits per heavy atom. The Morgan fingerprint density at radius 1 is 1.20 bits per heavy atom. The van der Waals surface area contributed by atoms with Crippen LogP contribution >= 0.6 is 0 Å². The molecule has 1 saturated heterocycles. The van der Waals surface area contributed by atoms with Gasteiger partial charge in [0.25, 0.3) is 0 Å². The van der Waals surface area contributed by atoms with Crippen LogP contribution in [-0.2, 0) is 4.79 Å². The summed E-state index contributed by atoms with van der Waals surface area (Å²) in [7, 11) is 0. The fourth-order valence-electron chi connectivity index (χ4n) is 5.54. The average molecular weight is 485 g/mol. The van der Waals surface area contributed by atoms with Crippen LogP contribution in [0, 0.1) is 17.8 Å². The number of fused-ring (bicyclic) bond motifs is 3. The summed E-state index contributed by atoms with van der Waals surface area (Å²) in [5.74, 6) is 3.48. The molecule has 1 aromatic rings. The minimum Gasteiger partial charge on any atom is -0.668 e. The van der Waals surface area contributed by atoms with Gasteiger partial charge in [0.1, 0.15) is 17.4 Å². The van der Waals surface area contributed by atoms with Crippen LogP contribution in [0.5, 0.6) is 11.5 Å². The zero-order chi connectivity index (χ0) is 24.7. The van der Waals surface area contributed by atoms with Crippen LogP contribution in [0.1, 0.15) is 53.9 Å². The molecule has 2 atom stereocenters. The summed E-state index contributed by atoms with van der Waals surface area (Å²) in [5, 5.41) is 33.8. The summed E-state index contributed by atoms with van der Waals surface area (Å²) in [6, 6.07) is 3.75. The van der Waals surface area contributed by atoms with Crippen molar-refractivity contribution in [3.05, 3.63) is 23.3 Å². The molecule has 1 aromatic carbocycles. The normalized spacial score (nSPS) is 28.3. The van der Waals surface area contributed by atoms with Crippen LogP contribution in [0.4, 0.5) is 0 Å². The number of benzene rings is 1. The highest BCUT2D eigenvalue weighted by atomic mass is 16.6. The van der Waals surface area contributed by atoms with Gasteiger partial charge in [0, 0.05) is 36.3 Å². The van der Waals surface area contributed by atoms with Gasteiger partial charge in [-0.05, 0) is 37.7 Å². The van der Waals surface area contributed by atoms with E-state index in [1.165, 1.54) is 0 Å². The Bertz CT molecular complexity index is 1070. The molecular weight excluding hydrogens is 453 g/mol. The SMILES string of the molecule is [NH3+]CCNC1CCC(CC(=O)N2CC(Oc3ccc4c(c3C(=O)O)O[B-](O)(O)[C@@H]3C#C[C@H]43)C2)CC1. The monoisotopic (exact) mass is 485 g/mol. The molecule has 35 heavy (non-hydrogen) atoms. The second-order valence-corrected chi connectivity index (χ2v) is 10.1. The molecule has 0 unspecified atom stereocenters. The third kappa shape index (κ3) is 4.59. The van der Waals surface area contributed by atoms with E-state index in [0.717, 1.165) is 38.8 Å². The van der Waals surface area contributed by atoms with Crippen molar-refractivity contribution >= 4 is 18.6 Å². The number of carboxylic acid groups (broad SMARTS) is 1. The summed E-state index contributed by atoms with van der Waals surface area (Å²) >= 11 is 0. The van der Waals surface area contributed by atoms with E-state index < -0.39 is 24.5 Å². The molecule has 2 fully saturated rings. The Labute approximate surface area is 203 Å². The van der Waals surface area contributed by atoms with Crippen molar-refractivity contribution in [2.45, 2.75) is 56.0 Å². The predicted molar refractivity (Wildman–Crippen MR) is 126 cm³/mol. The Kier molecular flexibility index (Phi) is 6.40. The Hall–Kier alpha value is -2.78. The van der Waals surface area contributed by atoms with Gasteiger partial charge in [-0.25, -0.2) is 4.79 Å². The zero-order valence-electron chi connectivity index (χ0n) is 19.6. The molecule has 0 bridgehead atoms. The van der Waals surface area contributed by atoms with Crippen LogP contribution in [0.3, 0.4) is 0 Å². The molecule has 188 valence electrons. The highest BCUT2D eigenvalue weighted by Gasteiger charge is 2.48. The molecule has 11 heteroatoms. The Morgan fingerprint density at radius 2 is 1.94 bits per heavy atom. The first-order valence-electron chi connectivity index (χ1n) is 12.4. The van der Waals surface area contributed by atoms with E-state index in [2.05, 4.69) is 22.9 Å². The maximum atomic E-state index is 12.7. The largest absolute Gasteiger partial charge is 0.668 e. The van der Waals surface area contributed by atoms with E-state index in [1.807, 2.05) is 0 Å². The van der Waals surface area contributed by atoms with Crippen molar-refractivity contribution < 1.29 is 39.9 Å². The minimum absolute atomic E-state index is 0.0822. The third-order valence-electron chi connectivity index (χ3n) is 7.64. The van der Waals surface area contributed by atoms with Crippen LogP contribution in [0.15, 0.2) is 12.1 Å². The highest BCUT2D eigenvalue weighted by molar-refractivity contribution is 6.62. The van der Waals surface area contributed by atoms with Crippen molar-refractivity contribution in [3.8, 4) is 23.3 Å². The number of quaternary nitrogens is 1. The number of carbonyl (C=O) groups is 2. The van der Waals surface area contributed by atoms with Gasteiger partial charge in [-0.15, -0.1) is 5.92 Å². The quantitative estimate of drug-likeness (QED) is 0.245. The molecule has 5 rings (SSSR count). The number of nitrogens with zero attached hydrogens (tertiary/aromatic N) is 1. The fraction of sp³-hybridized carbons (Fsp3) is 0.583. The van der Waals surface area contributed by atoms with E-state index in [1.54, 1.807) is 17.0 Å². The molecule has 7 N–H and O–H groups in total. The van der Waals surface area contributed by atoms with Crippen LogP contribution in [0.2, 0.25) is 5.82 Å². The molecule has 2 heterocycles. The summed E-state index contributed by atoms with van der Waals surface area (Å²) < 4.78 is 11.2. The number of amides is 1. The second-order valence-electron chi connectivity index (χ2n) is 10.1. The summed E-state index contributed by atoms with van der Waals surface area (Å²) in [5.41, 5.74) is 4.12. The van der Waals surface area contributed by atoms with Gasteiger partial charge in [0.15, 0.2) is 0 Å². The number of ether oxygens (including phenoxy) is 1. The van der Waals surface area contributed by atoms with E-state index >= 15 is 0 Å². The second kappa shape index (κ2) is 9.35. The smallest absolute Gasteiger partial charge is 0.446 e. The average Bonchev–Trinajstić information content (AvgIpc) is 2.74. The van der Waals surface area contributed by atoms with E-state index in [4.69, 9.17) is 9.39 Å². The summed E-state index contributed by atoms with van der Waals surface area (Å²) in [4.78, 5) is 26.5. The highest BCUT2D eigenvalue weighted by Crippen LogP contribution is 2.51. The molecule has 2 aliphatic carbocycles. The molecule has 10 nitrogen and oxygen atoms in total. The zero-order valence-corrected chi connectivity index (χ0v) is 19.6. The number of aromatic carboxylic acids is 1. The topological polar surface area (TPSA) is 156 Å². The van der Waals surface area contributed by atoms with Crippen LogP contribution < -0.4 is 20.4 Å². The number of likely N-dealkylation sites (tertiary alicyclic amines) is 1. The van der Waals surface area contributed by atoms with Gasteiger partial charge in [-0.3, -0.25) is 4.79 Å². The van der Waals surface area contributed by atoms with E-state index in [0.29, 0.717) is 37.0 Å². The number of hydrogen-bond donors (Lipinski definition) is 5. The van der Waals surface area contributed by atoms with Crippen molar-refractivity contribution in [1.82, 2.24) is 10.2 Å². The van der Waals surface area contributed by atoms with Crippen molar-refractivity contribution in [1.29, 1.82) is 0 Å². The summed E-state index contributed by atoms with van der Waals surface area (Å²) in [6.45, 7) is -0.697. The van der Waals surface area contributed by atoms with Crippen molar-refractivity contribution in [2.24, 2.45) is 5.92 Å². The van der Waals surface area contributed by atoms with Gasteiger partial charge < -0.3 is 40.5 Å². The Balaban J connectivity index is 1.17. The molecule has 0 spiro atoms. The molecular formula is C24H32BN3O7. The van der Waals surface area contributed by atoms with Crippen LogP contribution in [0.25, 0.3) is 0 Å². The number of nitrogens with one attached hydrogen (secondary N) is 1. The first kappa shape index (κ1) is 23.9. The van der Waals surface area contributed by atoms with Crippen LogP contribution in [-0.4, -0.2) is 77.0 Å². The standard InChI is InChI=1S/C24H31BN3O7/c26-9-10-27-15-3-1-14(2-4-15)11-21(29)28-12-16(13-28)34-20-8-6-18-17-5-7-19(17)25(32,33)35-23(18)22(20)24(30)31/h6,8,14-17,19,27,32-33H,1-4,9-13,26H2,(H,30,31)/q-1/p+1/t14?,15?,17-,19-/m1/s1. The van der Waals surface area contributed by atoms with Gasteiger partial charge in [-0.1, -0.05) is 12.0 Å². The molecule has 0 radical (unpaired) electrons. The lowest BCUT2D eigenvalue weighted by Gasteiger charge is -2.47. The van der Waals surface area contributed by atoms with Gasteiger partial charge >= 0.3 is 12.7 Å². The molecule has 1 amide bonds. The van der Waals surface area contributed by atoms with Crippen molar-refractivity contribution in [2.75, 3.05) is 26.2 Å². The number of hydrogen-bond acceptors (Lipinski definition) is 7. The molecule has 0 aromatic heterocycles. The summed E-state index contributed by atoms with van der Waals surface area (Å²) in [6.07, 6.45) is 4.44. The first-order valence-corrected chi connectivity index (χ1v) is 12.4. The first-order chi connectivity index (χ1) is 16.8. The number of rotatable bonds is 8. The maximum Gasteiger partial charge on any atom is 0.446 e.